The Morgan fingerprint density at radius 1 is 0.705 bits per heavy atom. The quantitative estimate of drug-likeness (QED) is 0.111. The van der Waals surface area contributed by atoms with Crippen LogP contribution in [-0.4, -0.2) is 34.2 Å². The topological polar surface area (TPSA) is 87.2 Å². The van der Waals surface area contributed by atoms with Crippen molar-refractivity contribution < 1.29 is 19.1 Å². The largest absolute Gasteiger partial charge is 0.492 e. The lowest BCUT2D eigenvalue weighted by Gasteiger charge is -2.07. The van der Waals surface area contributed by atoms with E-state index in [1.807, 2.05) is 59.4 Å². The molecule has 0 saturated heterocycles. The zero-order valence-corrected chi connectivity index (χ0v) is 27.0. The summed E-state index contributed by atoms with van der Waals surface area (Å²) in [5, 5.41) is 0. The van der Waals surface area contributed by atoms with Gasteiger partial charge in [0.15, 0.2) is 9.60 Å². The number of aromatic nitrogens is 2. The fraction of sp³-hybridized carbons (Fsp3) is 0.412. The fourth-order valence-electron chi connectivity index (χ4n) is 4.97. The number of amides is 2. The molecule has 230 valence electrons. The molecule has 0 unspecified atom stereocenters. The summed E-state index contributed by atoms with van der Waals surface area (Å²) in [5.74, 6) is 6.51. The Morgan fingerprint density at radius 3 is 1.50 bits per heavy atom. The maximum Gasteiger partial charge on any atom is 0.248 e. The summed E-state index contributed by atoms with van der Waals surface area (Å²) in [7, 11) is 0. The molecule has 0 N–H and O–H groups in total. The number of unbranched alkanes of at least 4 members (excludes halogenated alkanes) is 5. The molecule has 0 saturated carbocycles. The van der Waals surface area contributed by atoms with Gasteiger partial charge in [0, 0.05) is 12.8 Å². The zero-order valence-electron chi connectivity index (χ0n) is 25.3. The minimum atomic E-state index is -0.149. The van der Waals surface area contributed by atoms with Crippen molar-refractivity contribution in [2.45, 2.75) is 78.3 Å². The van der Waals surface area contributed by atoms with E-state index in [1.54, 1.807) is 0 Å². The molecule has 2 aromatic heterocycles. The lowest BCUT2D eigenvalue weighted by molar-refractivity contribution is -0.119. The number of carbonyl (C=O) groups is 2. The molecular formula is C34H38N4O4S2. The minimum absolute atomic E-state index is 0.149. The molecule has 0 spiro atoms. The van der Waals surface area contributed by atoms with Crippen LogP contribution in [0.3, 0.4) is 0 Å². The van der Waals surface area contributed by atoms with Crippen molar-refractivity contribution in [3.8, 4) is 36.2 Å². The Kier molecular flexibility index (Phi) is 12.4. The van der Waals surface area contributed by atoms with Crippen LogP contribution in [0.1, 0.15) is 65.2 Å². The van der Waals surface area contributed by atoms with Crippen LogP contribution in [0.2, 0.25) is 0 Å². The zero-order chi connectivity index (χ0) is 31.3. The SMILES string of the molecule is C#CCn1c(=NC(=O)CCCCCCCCC(=O)N=c2sc3cccc(OCC)c3n2CC#C)sc2cccc(OCC)c21. The van der Waals surface area contributed by atoms with Crippen molar-refractivity contribution >= 4 is 54.9 Å². The maximum absolute atomic E-state index is 12.7. The highest BCUT2D eigenvalue weighted by atomic mass is 32.1. The van der Waals surface area contributed by atoms with E-state index in [2.05, 4.69) is 21.8 Å². The van der Waals surface area contributed by atoms with Crippen LogP contribution in [0, 0.1) is 24.7 Å². The number of hydrogen-bond acceptors (Lipinski definition) is 6. The number of benzene rings is 2. The summed E-state index contributed by atoms with van der Waals surface area (Å²) in [6.07, 6.45) is 17.4. The smallest absolute Gasteiger partial charge is 0.248 e. The van der Waals surface area contributed by atoms with Gasteiger partial charge in [-0.1, -0.05) is 72.3 Å². The van der Waals surface area contributed by atoms with Gasteiger partial charge in [-0.15, -0.1) is 12.8 Å². The van der Waals surface area contributed by atoms with Crippen LogP contribution in [0.15, 0.2) is 46.4 Å². The first kappa shape index (κ1) is 32.8. The second-order valence-electron chi connectivity index (χ2n) is 10.1. The number of fused-ring (bicyclic) bond motifs is 2. The van der Waals surface area contributed by atoms with Gasteiger partial charge in [-0.25, -0.2) is 0 Å². The standard InChI is InChI=1S/C34H38N4O4S2/c1-5-23-37-31-25(41-7-3)17-15-19-27(31)43-33(37)35-29(39)21-13-11-9-10-12-14-22-30(40)36-34-38(24-6-2)32-26(42-8-4)18-16-20-28(32)44-34/h1-2,15-20H,7-14,21-24H2,3-4H3. The van der Waals surface area contributed by atoms with E-state index in [1.165, 1.54) is 22.7 Å². The molecule has 2 aromatic carbocycles. The molecule has 8 nitrogen and oxygen atoms in total. The molecule has 4 aromatic rings. The summed E-state index contributed by atoms with van der Waals surface area (Å²) >= 11 is 2.89. The highest BCUT2D eigenvalue weighted by Crippen LogP contribution is 2.28. The van der Waals surface area contributed by atoms with Crippen molar-refractivity contribution in [1.29, 1.82) is 0 Å². The van der Waals surface area contributed by atoms with E-state index in [0.29, 0.717) is 48.7 Å². The lowest BCUT2D eigenvalue weighted by atomic mass is 10.1. The molecule has 44 heavy (non-hydrogen) atoms. The number of terminal acetylenes is 2. The molecule has 0 aliphatic heterocycles. The fourth-order valence-corrected chi connectivity index (χ4v) is 7.10. The van der Waals surface area contributed by atoms with Crippen molar-refractivity contribution in [3.05, 3.63) is 46.0 Å². The van der Waals surface area contributed by atoms with E-state index in [9.17, 15) is 9.59 Å². The first-order chi connectivity index (χ1) is 21.5. The van der Waals surface area contributed by atoms with Gasteiger partial charge in [0.1, 0.15) is 22.5 Å². The molecule has 0 aliphatic rings. The molecule has 0 atom stereocenters. The predicted molar refractivity (Wildman–Crippen MR) is 178 cm³/mol. The minimum Gasteiger partial charge on any atom is -0.492 e. The number of rotatable bonds is 15. The highest BCUT2D eigenvalue weighted by molar-refractivity contribution is 7.16. The van der Waals surface area contributed by atoms with Gasteiger partial charge in [0.05, 0.1) is 35.7 Å². The van der Waals surface area contributed by atoms with Gasteiger partial charge in [-0.2, -0.15) is 9.98 Å². The Bertz CT molecular complexity index is 1690. The van der Waals surface area contributed by atoms with E-state index < -0.39 is 0 Å². The average Bonchev–Trinajstić information content (AvgIpc) is 3.53. The highest BCUT2D eigenvalue weighted by Gasteiger charge is 2.13. The third-order valence-electron chi connectivity index (χ3n) is 6.90. The van der Waals surface area contributed by atoms with Gasteiger partial charge < -0.3 is 18.6 Å². The summed E-state index contributed by atoms with van der Waals surface area (Å²) in [6, 6.07) is 11.6. The summed E-state index contributed by atoms with van der Waals surface area (Å²) in [5.41, 5.74) is 1.75. The first-order valence-corrected chi connectivity index (χ1v) is 16.7. The van der Waals surface area contributed by atoms with Gasteiger partial charge in [-0.05, 0) is 51.0 Å². The summed E-state index contributed by atoms with van der Waals surface area (Å²) in [4.78, 5) is 35.3. The number of para-hydroxylation sites is 2. The van der Waals surface area contributed by atoms with Crippen molar-refractivity contribution in [3.63, 3.8) is 0 Å². The molecule has 0 bridgehead atoms. The van der Waals surface area contributed by atoms with Gasteiger partial charge in [0.2, 0.25) is 11.8 Å². The van der Waals surface area contributed by atoms with Crippen LogP contribution in [-0.2, 0) is 22.7 Å². The Morgan fingerprint density at radius 2 is 1.11 bits per heavy atom. The molecule has 2 amide bonds. The molecular weight excluding hydrogens is 593 g/mol. The van der Waals surface area contributed by atoms with Crippen LogP contribution < -0.4 is 19.1 Å². The molecule has 2 heterocycles. The monoisotopic (exact) mass is 630 g/mol. The average molecular weight is 631 g/mol. The number of hydrogen-bond donors (Lipinski definition) is 0. The molecule has 0 aliphatic carbocycles. The summed E-state index contributed by atoms with van der Waals surface area (Å²) < 4.78 is 17.3. The van der Waals surface area contributed by atoms with Gasteiger partial charge in [-0.3, -0.25) is 9.59 Å². The second-order valence-corrected chi connectivity index (χ2v) is 12.1. The number of nitrogens with zero attached hydrogens (tertiary/aromatic N) is 4. The van der Waals surface area contributed by atoms with Crippen LogP contribution in [0.25, 0.3) is 20.4 Å². The predicted octanol–water partition coefficient (Wildman–Crippen LogP) is 6.46. The maximum atomic E-state index is 12.7. The van der Waals surface area contributed by atoms with Crippen LogP contribution >= 0.6 is 22.7 Å². The third kappa shape index (κ3) is 8.28. The number of carbonyl (C=O) groups excluding carboxylic acids is 2. The Balaban J connectivity index is 1.24. The van der Waals surface area contributed by atoms with Crippen LogP contribution in [0.5, 0.6) is 11.5 Å². The van der Waals surface area contributed by atoms with Crippen LogP contribution in [0.4, 0.5) is 0 Å². The molecule has 0 fully saturated rings. The Hall–Kier alpha value is -4.12. The van der Waals surface area contributed by atoms with E-state index in [-0.39, 0.29) is 11.8 Å². The second kappa shape index (κ2) is 16.7. The Labute approximate surface area is 266 Å². The third-order valence-corrected chi connectivity index (χ3v) is 8.99. The molecule has 4 rings (SSSR count). The number of ether oxygens (including phenoxy) is 2. The number of thiazole rings is 2. The lowest BCUT2D eigenvalue weighted by Crippen LogP contribution is -2.16. The molecule has 10 heteroatoms. The van der Waals surface area contributed by atoms with Gasteiger partial charge in [0.25, 0.3) is 0 Å². The molecule has 0 radical (unpaired) electrons. The van der Waals surface area contributed by atoms with Crippen molar-refractivity contribution in [2.75, 3.05) is 13.2 Å². The van der Waals surface area contributed by atoms with Crippen molar-refractivity contribution in [2.24, 2.45) is 9.98 Å². The van der Waals surface area contributed by atoms with E-state index in [0.717, 1.165) is 70.5 Å². The summed E-state index contributed by atoms with van der Waals surface area (Å²) in [6.45, 7) is 5.58. The van der Waals surface area contributed by atoms with Crippen molar-refractivity contribution in [1.82, 2.24) is 9.13 Å². The van der Waals surface area contributed by atoms with Gasteiger partial charge >= 0.3 is 0 Å². The van der Waals surface area contributed by atoms with E-state index >= 15 is 0 Å². The first-order valence-electron chi connectivity index (χ1n) is 15.0. The normalized spacial score (nSPS) is 12.0. The van der Waals surface area contributed by atoms with E-state index in [4.69, 9.17) is 22.3 Å².